The Balaban J connectivity index is -0.00000000500. The Hall–Kier alpha value is 1.45. The molecule has 0 unspecified atom stereocenters. The average molecular weight is 160 g/mol. The van der Waals surface area contributed by atoms with Crippen LogP contribution in [0.5, 0.6) is 0 Å². The van der Waals surface area contributed by atoms with Gasteiger partial charge in [-0.05, 0) is 0 Å². The van der Waals surface area contributed by atoms with Crippen LogP contribution < -0.4 is 0 Å². The summed E-state index contributed by atoms with van der Waals surface area (Å²) in [7, 11) is 4.22. The SMILES string of the molecule is Cl.[Fe].[S-]Cl. The fraction of sp³-hybridized carbons (Fsp3) is 0. The van der Waals surface area contributed by atoms with Gasteiger partial charge in [-0.1, -0.05) is 0 Å². The van der Waals surface area contributed by atoms with Gasteiger partial charge >= 0.3 is 0 Å². The summed E-state index contributed by atoms with van der Waals surface area (Å²) < 4.78 is 0. The minimum absolute atomic E-state index is 0. The molecule has 0 aliphatic rings. The fourth-order valence-electron chi connectivity index (χ4n) is 0. The molecule has 0 radical (unpaired) electrons. The van der Waals surface area contributed by atoms with Gasteiger partial charge < -0.3 is 22.5 Å². The van der Waals surface area contributed by atoms with E-state index in [1.165, 1.54) is 0 Å². The molecule has 0 aromatic carbocycles. The Bertz CT molecular complexity index is 6.00. The first-order valence-corrected chi connectivity index (χ1v) is 1.39. The van der Waals surface area contributed by atoms with E-state index in [4.69, 9.17) is 0 Å². The standard InChI is InChI=1S/ClS.ClH.Fe/c1-2;;/h;1H;/q-1;;. The predicted octanol–water partition coefficient (Wildman–Crippen LogP) is 1.11. The molecule has 0 amide bonds. The molecule has 30 valence electrons. The Kier molecular flexibility index (Phi) is 113. The maximum absolute atomic E-state index is 4.22. The molecule has 0 aromatic heterocycles. The van der Waals surface area contributed by atoms with Crippen LogP contribution in [0, 0.1) is 0 Å². The van der Waals surface area contributed by atoms with Crippen LogP contribution >= 0.6 is 23.1 Å². The summed E-state index contributed by atoms with van der Waals surface area (Å²) in [4.78, 5) is 0. The van der Waals surface area contributed by atoms with Crippen LogP contribution in [0.3, 0.4) is 0 Å². The van der Waals surface area contributed by atoms with Gasteiger partial charge in [0.05, 0.1) is 0 Å². The number of hydrogen-bond donors (Lipinski definition) is 0. The summed E-state index contributed by atoms with van der Waals surface area (Å²) in [6.45, 7) is 0. The van der Waals surface area contributed by atoms with E-state index in [2.05, 4.69) is 22.5 Å². The maximum atomic E-state index is 4.22. The van der Waals surface area contributed by atoms with Crippen LogP contribution in [0.4, 0.5) is 0 Å². The van der Waals surface area contributed by atoms with Crippen LogP contribution in [-0.4, -0.2) is 0 Å². The van der Waals surface area contributed by atoms with Gasteiger partial charge in [0.25, 0.3) is 0 Å². The minimum Gasteiger partial charge on any atom is -0.680 e. The fourth-order valence-corrected chi connectivity index (χ4v) is 0. The van der Waals surface area contributed by atoms with Crippen molar-refractivity contribution in [3.63, 3.8) is 0 Å². The molecule has 0 saturated carbocycles. The van der Waals surface area contributed by atoms with Crippen LogP contribution in [-0.2, 0) is 28.9 Å². The van der Waals surface area contributed by atoms with E-state index >= 15 is 0 Å². The quantitative estimate of drug-likeness (QED) is 0.377. The average Bonchev–Trinajstić information content (AvgIpc) is 1.00. The Morgan fingerprint density at radius 2 is 1.25 bits per heavy atom. The van der Waals surface area contributed by atoms with E-state index in [0.29, 0.717) is 0 Å². The number of halogens is 2. The third-order valence-corrected chi connectivity index (χ3v) is 0. The summed E-state index contributed by atoms with van der Waals surface area (Å²) >= 11 is 3.56. The third kappa shape index (κ3) is 9.85. The number of hydrogen-bond acceptors (Lipinski definition) is 1. The first-order valence-electron chi connectivity index (χ1n) is 0.154. The Morgan fingerprint density at radius 3 is 1.25 bits per heavy atom. The van der Waals surface area contributed by atoms with Crippen molar-refractivity contribution in [1.82, 2.24) is 0 Å². The largest absolute Gasteiger partial charge is 0.680 e. The molecule has 0 spiro atoms. The van der Waals surface area contributed by atoms with Crippen LogP contribution in [0.2, 0.25) is 0 Å². The van der Waals surface area contributed by atoms with Gasteiger partial charge in [0, 0.05) is 17.1 Å². The zero-order chi connectivity index (χ0) is 2.00. The monoisotopic (exact) mass is 159 g/mol. The molecule has 0 aromatic rings. The van der Waals surface area contributed by atoms with Crippen molar-refractivity contribution in [2.45, 2.75) is 0 Å². The normalized spacial score (nSPS) is 1.50. The summed E-state index contributed by atoms with van der Waals surface area (Å²) in [6.07, 6.45) is 0. The van der Waals surface area contributed by atoms with Gasteiger partial charge in [0.2, 0.25) is 0 Å². The van der Waals surface area contributed by atoms with Crippen LogP contribution in [0.25, 0.3) is 0 Å². The Morgan fingerprint density at radius 1 is 1.25 bits per heavy atom. The smallest absolute Gasteiger partial charge is 0 e. The second kappa shape index (κ2) is 25.2. The van der Waals surface area contributed by atoms with Gasteiger partial charge in [-0.3, -0.25) is 0 Å². The van der Waals surface area contributed by atoms with E-state index in [1.807, 2.05) is 0 Å². The molecule has 0 fully saturated rings. The molecule has 0 atom stereocenters. The summed E-state index contributed by atoms with van der Waals surface area (Å²) in [5.41, 5.74) is 0. The van der Waals surface area contributed by atoms with Crippen LogP contribution in [0.15, 0.2) is 0 Å². The first-order chi connectivity index (χ1) is 1.00. The second-order valence-corrected chi connectivity index (χ2v) is 0. The first kappa shape index (κ1) is 18.0. The molecule has 0 saturated heterocycles. The summed E-state index contributed by atoms with van der Waals surface area (Å²) in [5, 5.41) is 0. The van der Waals surface area contributed by atoms with Crippen molar-refractivity contribution in [3.05, 3.63) is 0 Å². The molecule has 4 heteroatoms. The molecule has 4 heavy (non-hydrogen) atoms. The van der Waals surface area contributed by atoms with Gasteiger partial charge in [-0.25, -0.2) is 0 Å². The predicted molar refractivity (Wildman–Crippen MR) is 20.5 cm³/mol. The zero-order valence-electron chi connectivity index (χ0n) is 1.55. The van der Waals surface area contributed by atoms with Gasteiger partial charge in [0.15, 0.2) is 0 Å². The van der Waals surface area contributed by atoms with E-state index in [1.54, 1.807) is 0 Å². The Labute approximate surface area is 52.1 Å². The maximum Gasteiger partial charge on any atom is 0 e. The van der Waals surface area contributed by atoms with Crippen molar-refractivity contribution in [2.24, 2.45) is 0 Å². The van der Waals surface area contributed by atoms with Crippen molar-refractivity contribution in [3.8, 4) is 0 Å². The van der Waals surface area contributed by atoms with Crippen molar-refractivity contribution < 1.29 is 17.1 Å². The van der Waals surface area contributed by atoms with E-state index in [9.17, 15) is 0 Å². The molecular formula is HCl2FeS-. The van der Waals surface area contributed by atoms with Crippen molar-refractivity contribution in [1.29, 1.82) is 0 Å². The van der Waals surface area contributed by atoms with E-state index < -0.39 is 0 Å². The summed E-state index contributed by atoms with van der Waals surface area (Å²) in [5.74, 6) is 0. The molecule has 0 nitrogen and oxygen atoms in total. The van der Waals surface area contributed by atoms with Gasteiger partial charge in [-0.2, -0.15) is 0 Å². The topological polar surface area (TPSA) is 0 Å². The van der Waals surface area contributed by atoms with Crippen molar-refractivity contribution >= 4 is 34.9 Å². The molecule has 0 bridgehead atoms. The van der Waals surface area contributed by atoms with E-state index in [-0.39, 0.29) is 29.5 Å². The zero-order valence-corrected chi connectivity index (χ0v) is 5.04. The molecule has 0 heterocycles. The van der Waals surface area contributed by atoms with Crippen molar-refractivity contribution in [2.75, 3.05) is 0 Å². The molecule has 0 aliphatic heterocycles. The molecule has 0 aliphatic carbocycles. The third-order valence-electron chi connectivity index (χ3n) is 0. The molecular weight excluding hydrogens is 159 g/mol. The van der Waals surface area contributed by atoms with Gasteiger partial charge in [0.1, 0.15) is 0 Å². The second-order valence-electron chi connectivity index (χ2n) is 0. The van der Waals surface area contributed by atoms with E-state index in [0.717, 1.165) is 0 Å². The minimum atomic E-state index is 0. The molecule has 0 N–H and O–H groups in total. The van der Waals surface area contributed by atoms with Crippen LogP contribution in [0.1, 0.15) is 0 Å². The number of rotatable bonds is 0. The summed E-state index contributed by atoms with van der Waals surface area (Å²) in [6, 6.07) is 0. The molecule has 0 rings (SSSR count). The van der Waals surface area contributed by atoms with Gasteiger partial charge in [-0.15, -0.1) is 12.4 Å².